The number of ether oxygens (including phenoxy) is 1. The standard InChI is InChI=1S/C20H28O/c1-14-11-17(13-15(2)16-9-7-8-10-16)19(21-6)18(12-14)20(3,4)5/h7-12,15-16H,13H2,1-6H3. The van der Waals surface area contributed by atoms with Crippen LogP contribution in [0.3, 0.4) is 0 Å². The smallest absolute Gasteiger partial charge is 0.125 e. The molecule has 0 spiro atoms. The van der Waals surface area contributed by atoms with Crippen LogP contribution in [0.1, 0.15) is 44.4 Å². The van der Waals surface area contributed by atoms with Gasteiger partial charge in [0.05, 0.1) is 7.11 Å². The molecule has 0 bridgehead atoms. The molecule has 0 heterocycles. The molecule has 114 valence electrons. The van der Waals surface area contributed by atoms with Crippen molar-refractivity contribution in [3.63, 3.8) is 0 Å². The van der Waals surface area contributed by atoms with E-state index < -0.39 is 0 Å². The third-order valence-electron chi connectivity index (χ3n) is 4.30. The van der Waals surface area contributed by atoms with Gasteiger partial charge in [0.2, 0.25) is 0 Å². The lowest BCUT2D eigenvalue weighted by Crippen LogP contribution is -2.16. The van der Waals surface area contributed by atoms with Gasteiger partial charge in [0.1, 0.15) is 5.75 Å². The van der Waals surface area contributed by atoms with E-state index in [1.54, 1.807) is 7.11 Å². The van der Waals surface area contributed by atoms with Gasteiger partial charge in [0.25, 0.3) is 0 Å². The maximum atomic E-state index is 5.79. The molecule has 0 aliphatic heterocycles. The lowest BCUT2D eigenvalue weighted by Gasteiger charge is -2.26. The van der Waals surface area contributed by atoms with Crippen molar-refractivity contribution in [2.45, 2.75) is 46.5 Å². The summed E-state index contributed by atoms with van der Waals surface area (Å²) in [4.78, 5) is 0. The van der Waals surface area contributed by atoms with Crippen LogP contribution in [0.2, 0.25) is 0 Å². The van der Waals surface area contributed by atoms with Crippen LogP contribution in [0.25, 0.3) is 0 Å². The van der Waals surface area contributed by atoms with Crippen molar-refractivity contribution < 1.29 is 4.74 Å². The minimum absolute atomic E-state index is 0.0997. The first-order chi connectivity index (χ1) is 9.82. The van der Waals surface area contributed by atoms with Gasteiger partial charge in [-0.2, -0.15) is 0 Å². The van der Waals surface area contributed by atoms with Crippen LogP contribution in [-0.2, 0) is 11.8 Å². The van der Waals surface area contributed by atoms with Crippen molar-refractivity contribution in [1.82, 2.24) is 0 Å². The van der Waals surface area contributed by atoms with Gasteiger partial charge >= 0.3 is 0 Å². The number of hydrogen-bond acceptors (Lipinski definition) is 1. The molecule has 0 aromatic heterocycles. The maximum absolute atomic E-state index is 5.79. The van der Waals surface area contributed by atoms with Gasteiger partial charge < -0.3 is 4.74 Å². The van der Waals surface area contributed by atoms with Crippen molar-refractivity contribution in [2.75, 3.05) is 7.11 Å². The first-order valence-corrected chi connectivity index (χ1v) is 7.86. The molecule has 1 aromatic carbocycles. The number of benzene rings is 1. The maximum Gasteiger partial charge on any atom is 0.125 e. The highest BCUT2D eigenvalue weighted by Gasteiger charge is 2.23. The molecule has 1 nitrogen and oxygen atoms in total. The minimum atomic E-state index is 0.0997. The molecular weight excluding hydrogens is 256 g/mol. The Bertz CT molecular complexity index is 546. The van der Waals surface area contributed by atoms with Crippen molar-refractivity contribution in [1.29, 1.82) is 0 Å². The zero-order chi connectivity index (χ0) is 15.6. The Morgan fingerprint density at radius 1 is 1.14 bits per heavy atom. The van der Waals surface area contributed by atoms with Crippen LogP contribution in [0.5, 0.6) is 5.75 Å². The lowest BCUT2D eigenvalue weighted by atomic mass is 9.81. The summed E-state index contributed by atoms with van der Waals surface area (Å²) in [7, 11) is 1.80. The molecule has 2 rings (SSSR count). The molecule has 1 aromatic rings. The van der Waals surface area contributed by atoms with Crippen molar-refractivity contribution in [3.8, 4) is 5.75 Å². The fourth-order valence-corrected chi connectivity index (χ4v) is 3.11. The number of allylic oxidation sites excluding steroid dienone is 4. The molecule has 1 atom stereocenters. The Kier molecular flexibility index (Phi) is 4.61. The monoisotopic (exact) mass is 284 g/mol. The topological polar surface area (TPSA) is 9.23 Å². The number of rotatable bonds is 4. The average molecular weight is 284 g/mol. The van der Waals surface area contributed by atoms with Crippen LogP contribution in [0, 0.1) is 18.8 Å². The van der Waals surface area contributed by atoms with Crippen LogP contribution in [0.15, 0.2) is 36.4 Å². The summed E-state index contributed by atoms with van der Waals surface area (Å²) in [5, 5.41) is 0. The van der Waals surface area contributed by atoms with Gasteiger partial charge in [-0.3, -0.25) is 0 Å². The van der Waals surface area contributed by atoms with Gasteiger partial charge in [-0.1, -0.05) is 69.7 Å². The summed E-state index contributed by atoms with van der Waals surface area (Å²) < 4.78 is 5.79. The molecule has 1 unspecified atom stereocenters. The van der Waals surface area contributed by atoms with E-state index in [0.29, 0.717) is 11.8 Å². The van der Waals surface area contributed by atoms with E-state index >= 15 is 0 Å². The summed E-state index contributed by atoms with van der Waals surface area (Å²) in [5.74, 6) is 2.21. The molecule has 21 heavy (non-hydrogen) atoms. The molecular formula is C20H28O. The van der Waals surface area contributed by atoms with E-state index in [2.05, 4.69) is 71.1 Å². The molecule has 1 heteroatoms. The predicted octanol–water partition coefficient (Wildman–Crippen LogP) is 5.22. The summed E-state index contributed by atoms with van der Waals surface area (Å²) >= 11 is 0. The molecule has 0 saturated heterocycles. The van der Waals surface area contributed by atoms with E-state index in [4.69, 9.17) is 4.74 Å². The first-order valence-electron chi connectivity index (χ1n) is 7.86. The average Bonchev–Trinajstić information content (AvgIpc) is 2.91. The Hall–Kier alpha value is -1.50. The number of methoxy groups -OCH3 is 1. The van der Waals surface area contributed by atoms with E-state index in [9.17, 15) is 0 Å². The van der Waals surface area contributed by atoms with E-state index in [1.807, 2.05) is 0 Å². The van der Waals surface area contributed by atoms with Gasteiger partial charge in [-0.15, -0.1) is 0 Å². The zero-order valence-electron chi connectivity index (χ0n) is 14.2. The normalized spacial score (nSPS) is 16.5. The van der Waals surface area contributed by atoms with Crippen LogP contribution in [0.4, 0.5) is 0 Å². The van der Waals surface area contributed by atoms with Crippen molar-refractivity contribution in [3.05, 3.63) is 53.1 Å². The SMILES string of the molecule is COc1c(CC(C)C2C=CC=C2)cc(C)cc1C(C)(C)C. The zero-order valence-corrected chi connectivity index (χ0v) is 14.2. The van der Waals surface area contributed by atoms with Crippen LogP contribution < -0.4 is 4.74 Å². The summed E-state index contributed by atoms with van der Waals surface area (Å²) in [6.07, 6.45) is 9.92. The Morgan fingerprint density at radius 2 is 1.76 bits per heavy atom. The Morgan fingerprint density at radius 3 is 2.29 bits per heavy atom. The summed E-state index contributed by atoms with van der Waals surface area (Å²) in [5.41, 5.74) is 4.07. The second-order valence-electron chi connectivity index (χ2n) is 7.28. The Balaban J connectivity index is 2.36. The van der Waals surface area contributed by atoms with Crippen LogP contribution >= 0.6 is 0 Å². The Labute approximate surface area is 129 Å². The fraction of sp³-hybridized carbons (Fsp3) is 0.500. The van der Waals surface area contributed by atoms with E-state index in [0.717, 1.165) is 12.2 Å². The molecule has 1 aliphatic carbocycles. The van der Waals surface area contributed by atoms with Crippen molar-refractivity contribution in [2.24, 2.45) is 11.8 Å². The molecule has 1 aliphatic rings. The van der Waals surface area contributed by atoms with Gasteiger partial charge in [0, 0.05) is 5.56 Å². The quantitative estimate of drug-likeness (QED) is 0.736. The highest BCUT2D eigenvalue weighted by molar-refractivity contribution is 5.48. The van der Waals surface area contributed by atoms with E-state index in [1.165, 1.54) is 16.7 Å². The number of hydrogen-bond donors (Lipinski definition) is 0. The van der Waals surface area contributed by atoms with Crippen LogP contribution in [-0.4, -0.2) is 7.11 Å². The first kappa shape index (κ1) is 15.9. The van der Waals surface area contributed by atoms with Gasteiger partial charge in [0.15, 0.2) is 0 Å². The van der Waals surface area contributed by atoms with E-state index in [-0.39, 0.29) is 5.41 Å². The molecule has 0 radical (unpaired) electrons. The highest BCUT2D eigenvalue weighted by atomic mass is 16.5. The molecule has 0 N–H and O–H groups in total. The minimum Gasteiger partial charge on any atom is -0.496 e. The second kappa shape index (κ2) is 6.09. The lowest BCUT2D eigenvalue weighted by molar-refractivity contribution is 0.385. The predicted molar refractivity (Wildman–Crippen MR) is 91.1 cm³/mol. The fourth-order valence-electron chi connectivity index (χ4n) is 3.11. The van der Waals surface area contributed by atoms with Crippen molar-refractivity contribution >= 4 is 0 Å². The third-order valence-corrected chi connectivity index (χ3v) is 4.30. The third kappa shape index (κ3) is 3.58. The number of aryl methyl sites for hydroxylation is 1. The summed E-state index contributed by atoms with van der Waals surface area (Å²) in [6, 6.07) is 4.55. The van der Waals surface area contributed by atoms with Gasteiger partial charge in [-0.25, -0.2) is 0 Å². The second-order valence-corrected chi connectivity index (χ2v) is 7.28. The largest absolute Gasteiger partial charge is 0.496 e. The molecule has 0 saturated carbocycles. The molecule has 0 amide bonds. The highest BCUT2D eigenvalue weighted by Crippen LogP contribution is 2.37. The summed E-state index contributed by atoms with van der Waals surface area (Å²) in [6.45, 7) is 11.3. The van der Waals surface area contributed by atoms with Gasteiger partial charge in [-0.05, 0) is 36.2 Å². The molecule has 0 fully saturated rings.